The van der Waals surface area contributed by atoms with Gasteiger partial charge in [-0.15, -0.1) is 0 Å². The molecule has 1 saturated heterocycles. The molecule has 1 unspecified atom stereocenters. The van der Waals surface area contributed by atoms with Crippen LogP contribution in [0, 0.1) is 13.8 Å². The number of aliphatic hydroxyl groups excluding tert-OH is 1. The van der Waals surface area contributed by atoms with Gasteiger partial charge in [0.15, 0.2) is 0 Å². The number of Topliss-reactive ketones (excluding diaryl/α,β-unsaturated/α-hetero) is 1. The van der Waals surface area contributed by atoms with Crippen molar-refractivity contribution >= 4 is 17.4 Å². The number of aryl methyl sites for hydroxylation is 2. The number of hydrogen-bond acceptors (Lipinski definition) is 6. The molecule has 3 heterocycles. The number of likely N-dealkylation sites (tertiary alicyclic amines) is 1. The number of carbonyl (C=O) groups is 2. The average Bonchev–Trinajstić information content (AvgIpc) is 3.06. The third-order valence-electron chi connectivity index (χ3n) is 5.04. The van der Waals surface area contributed by atoms with Crippen LogP contribution in [0.5, 0.6) is 0 Å². The van der Waals surface area contributed by atoms with Crippen LogP contribution in [-0.2, 0) is 16.6 Å². The van der Waals surface area contributed by atoms with E-state index in [1.54, 1.807) is 43.0 Å². The zero-order valence-electron chi connectivity index (χ0n) is 16.8. The van der Waals surface area contributed by atoms with Crippen molar-refractivity contribution in [2.75, 3.05) is 27.2 Å². The molecule has 0 radical (unpaired) electrons. The summed E-state index contributed by atoms with van der Waals surface area (Å²) in [4.78, 5) is 33.5. The smallest absolute Gasteiger partial charge is 0.295 e. The molecule has 8 nitrogen and oxygen atoms in total. The maximum atomic E-state index is 12.9. The fraction of sp³-hybridized carbons (Fsp3) is 0.400. The van der Waals surface area contributed by atoms with Crippen LogP contribution >= 0.6 is 0 Å². The monoisotopic (exact) mass is 383 g/mol. The summed E-state index contributed by atoms with van der Waals surface area (Å²) in [6.07, 6.45) is 1.61. The topological polar surface area (TPSA) is 91.6 Å². The van der Waals surface area contributed by atoms with Gasteiger partial charge in [-0.3, -0.25) is 19.3 Å². The second-order valence-electron chi connectivity index (χ2n) is 7.22. The molecule has 0 bridgehead atoms. The normalized spacial score (nSPS) is 19.1. The molecule has 0 saturated carbocycles. The van der Waals surface area contributed by atoms with Gasteiger partial charge in [-0.25, -0.2) is 0 Å². The molecule has 0 aromatic carbocycles. The van der Waals surface area contributed by atoms with Crippen LogP contribution in [0.1, 0.15) is 28.7 Å². The summed E-state index contributed by atoms with van der Waals surface area (Å²) in [5, 5.41) is 15.4. The number of carbonyl (C=O) groups excluding carboxylic acids is 2. The molecule has 0 spiro atoms. The highest BCUT2D eigenvalue weighted by Crippen LogP contribution is 2.39. The third kappa shape index (κ3) is 3.31. The number of hydrogen-bond donors (Lipinski definition) is 1. The fourth-order valence-electron chi connectivity index (χ4n) is 3.51. The predicted octanol–water partition coefficient (Wildman–Crippen LogP) is 1.42. The summed E-state index contributed by atoms with van der Waals surface area (Å²) in [6, 6.07) is 4.59. The van der Waals surface area contributed by atoms with Crippen molar-refractivity contribution in [1.29, 1.82) is 0 Å². The van der Waals surface area contributed by atoms with E-state index in [0.29, 0.717) is 35.7 Å². The molecule has 2 aromatic rings. The van der Waals surface area contributed by atoms with Gasteiger partial charge in [-0.1, -0.05) is 6.07 Å². The lowest BCUT2D eigenvalue weighted by molar-refractivity contribution is -0.140. The number of amides is 1. The minimum Gasteiger partial charge on any atom is -0.507 e. The van der Waals surface area contributed by atoms with Crippen molar-refractivity contribution in [2.24, 2.45) is 7.05 Å². The van der Waals surface area contributed by atoms with Gasteiger partial charge in [0.1, 0.15) is 11.8 Å². The number of rotatable bonds is 5. The Labute approximate surface area is 164 Å². The first-order chi connectivity index (χ1) is 13.2. The van der Waals surface area contributed by atoms with Crippen LogP contribution in [0.15, 0.2) is 30.0 Å². The molecule has 1 aliphatic rings. The largest absolute Gasteiger partial charge is 0.507 e. The highest BCUT2D eigenvalue weighted by Gasteiger charge is 2.47. The fourth-order valence-corrected chi connectivity index (χ4v) is 3.51. The second kappa shape index (κ2) is 7.55. The van der Waals surface area contributed by atoms with Crippen LogP contribution in [0.2, 0.25) is 0 Å². The lowest BCUT2D eigenvalue weighted by Gasteiger charge is -2.25. The maximum Gasteiger partial charge on any atom is 0.295 e. The number of aliphatic hydroxyl groups is 1. The molecule has 148 valence electrons. The molecule has 1 aliphatic heterocycles. The van der Waals surface area contributed by atoms with Crippen molar-refractivity contribution in [3.8, 4) is 0 Å². The second-order valence-corrected chi connectivity index (χ2v) is 7.22. The Morgan fingerprint density at radius 3 is 2.50 bits per heavy atom. The molecule has 1 N–H and O–H groups in total. The van der Waals surface area contributed by atoms with Crippen molar-refractivity contribution < 1.29 is 14.7 Å². The van der Waals surface area contributed by atoms with Crippen LogP contribution < -0.4 is 0 Å². The van der Waals surface area contributed by atoms with E-state index in [2.05, 4.69) is 10.1 Å². The van der Waals surface area contributed by atoms with Gasteiger partial charge in [0, 0.05) is 32.0 Å². The number of ketones is 1. The highest BCUT2D eigenvalue weighted by atomic mass is 16.3. The van der Waals surface area contributed by atoms with E-state index >= 15 is 0 Å². The predicted molar refractivity (Wildman–Crippen MR) is 104 cm³/mol. The Hall–Kier alpha value is -3.00. The molecule has 3 rings (SSSR count). The van der Waals surface area contributed by atoms with Crippen molar-refractivity contribution in [3.63, 3.8) is 0 Å². The molecule has 0 aliphatic carbocycles. The molecular formula is C20H25N5O3. The minimum atomic E-state index is -0.736. The quantitative estimate of drug-likeness (QED) is 0.477. The average molecular weight is 383 g/mol. The molecule has 1 atom stereocenters. The summed E-state index contributed by atoms with van der Waals surface area (Å²) >= 11 is 0. The first-order valence-corrected chi connectivity index (χ1v) is 9.08. The minimum absolute atomic E-state index is 0.0571. The molecule has 28 heavy (non-hydrogen) atoms. The number of aromatic nitrogens is 3. The third-order valence-corrected chi connectivity index (χ3v) is 5.04. The van der Waals surface area contributed by atoms with Crippen molar-refractivity contribution in [1.82, 2.24) is 24.6 Å². The van der Waals surface area contributed by atoms with E-state index < -0.39 is 17.7 Å². The summed E-state index contributed by atoms with van der Waals surface area (Å²) < 4.78 is 1.64. The SMILES string of the molecule is Cc1nn(C)c(C)c1/C(O)=C1\C(=O)C(=O)N(CCN(C)C)C1c1ccccn1. The van der Waals surface area contributed by atoms with Gasteiger partial charge in [-0.2, -0.15) is 5.10 Å². The summed E-state index contributed by atoms with van der Waals surface area (Å²) in [7, 11) is 5.56. The van der Waals surface area contributed by atoms with Gasteiger partial charge in [0.25, 0.3) is 11.7 Å². The molecular weight excluding hydrogens is 358 g/mol. The zero-order chi connectivity index (χ0) is 20.6. The molecule has 1 fully saturated rings. The Morgan fingerprint density at radius 1 is 1.25 bits per heavy atom. The lowest BCUT2D eigenvalue weighted by Crippen LogP contribution is -2.35. The zero-order valence-corrected chi connectivity index (χ0v) is 16.8. The molecule has 8 heteroatoms. The number of nitrogens with zero attached hydrogens (tertiary/aromatic N) is 5. The van der Waals surface area contributed by atoms with Crippen molar-refractivity contribution in [3.05, 3.63) is 52.6 Å². The first-order valence-electron chi connectivity index (χ1n) is 9.08. The number of pyridine rings is 1. The summed E-state index contributed by atoms with van der Waals surface area (Å²) in [5.74, 6) is -1.53. The standard InChI is InChI=1S/C20H25N5O3/c1-12-15(13(2)24(5)22-12)18(26)16-17(14-8-6-7-9-21-14)25(11-10-23(3)4)20(28)19(16)27/h6-9,17,26H,10-11H2,1-5H3/b18-16+. The highest BCUT2D eigenvalue weighted by molar-refractivity contribution is 6.46. The van der Waals surface area contributed by atoms with Crippen LogP contribution in [0.4, 0.5) is 0 Å². The Kier molecular flexibility index (Phi) is 5.33. The summed E-state index contributed by atoms with van der Waals surface area (Å²) in [5.41, 5.74) is 2.39. The molecule has 1 amide bonds. The van der Waals surface area contributed by atoms with Gasteiger partial charge in [0.05, 0.1) is 22.5 Å². The van der Waals surface area contributed by atoms with Crippen LogP contribution in [0.25, 0.3) is 5.76 Å². The van der Waals surface area contributed by atoms with E-state index in [4.69, 9.17) is 0 Å². The van der Waals surface area contributed by atoms with Crippen LogP contribution in [-0.4, -0.2) is 68.5 Å². The van der Waals surface area contributed by atoms with Gasteiger partial charge in [0.2, 0.25) is 0 Å². The Bertz CT molecular complexity index is 946. The Balaban J connectivity index is 2.19. The lowest BCUT2D eigenvalue weighted by atomic mass is 9.97. The summed E-state index contributed by atoms with van der Waals surface area (Å²) in [6.45, 7) is 4.51. The van der Waals surface area contributed by atoms with E-state index in [9.17, 15) is 14.7 Å². The number of likely N-dealkylation sites (N-methyl/N-ethyl adjacent to an activating group) is 1. The van der Waals surface area contributed by atoms with Gasteiger partial charge < -0.3 is 14.9 Å². The van der Waals surface area contributed by atoms with Crippen LogP contribution in [0.3, 0.4) is 0 Å². The maximum absolute atomic E-state index is 12.9. The van der Waals surface area contributed by atoms with E-state index in [0.717, 1.165) is 0 Å². The van der Waals surface area contributed by atoms with Gasteiger partial charge in [-0.05, 0) is 40.1 Å². The first kappa shape index (κ1) is 19.8. The molecule has 2 aromatic heterocycles. The van der Waals surface area contributed by atoms with E-state index in [1.807, 2.05) is 25.9 Å². The van der Waals surface area contributed by atoms with E-state index in [1.165, 1.54) is 4.90 Å². The van der Waals surface area contributed by atoms with Gasteiger partial charge >= 0.3 is 0 Å². The van der Waals surface area contributed by atoms with E-state index in [-0.39, 0.29) is 11.3 Å². The Morgan fingerprint density at radius 2 is 1.96 bits per heavy atom. The van der Waals surface area contributed by atoms with Crippen molar-refractivity contribution in [2.45, 2.75) is 19.9 Å².